The smallest absolute Gasteiger partial charge is 0.253 e. The van der Waals surface area contributed by atoms with Gasteiger partial charge in [-0.05, 0) is 12.1 Å². The van der Waals surface area contributed by atoms with Crippen molar-refractivity contribution >= 4 is 29.1 Å². The summed E-state index contributed by atoms with van der Waals surface area (Å²) in [6.45, 7) is 0.266. The number of hydrogen-bond acceptors (Lipinski definition) is 3. The topological polar surface area (TPSA) is 75.4 Å². The van der Waals surface area contributed by atoms with Crippen molar-refractivity contribution in [2.75, 3.05) is 26.4 Å². The van der Waals surface area contributed by atoms with Gasteiger partial charge in [-0.1, -0.05) is 17.7 Å². The number of hydrogen-bond donors (Lipinski definition) is 2. The highest BCUT2D eigenvalue weighted by Crippen LogP contribution is 2.22. The van der Waals surface area contributed by atoms with Crippen LogP contribution >= 0.6 is 11.6 Å². The maximum atomic E-state index is 11.8. The average Bonchev–Trinajstić information content (AvgIpc) is 2.32. The lowest BCUT2D eigenvalue weighted by molar-refractivity contribution is -0.128. The molecule has 0 heterocycles. The highest BCUT2D eigenvalue weighted by molar-refractivity contribution is 6.33. The van der Waals surface area contributed by atoms with E-state index < -0.39 is 0 Å². The van der Waals surface area contributed by atoms with E-state index in [4.69, 9.17) is 17.3 Å². The molecule has 1 aromatic carbocycles. The number of anilines is 1. The van der Waals surface area contributed by atoms with Crippen LogP contribution in [0.4, 0.5) is 5.69 Å². The lowest BCUT2D eigenvalue weighted by atomic mass is 10.1. The van der Waals surface area contributed by atoms with E-state index in [1.54, 1.807) is 32.3 Å². The number of carbonyl (C=O) groups is 2. The summed E-state index contributed by atoms with van der Waals surface area (Å²) in [6, 6.07) is 4.85. The van der Waals surface area contributed by atoms with Crippen LogP contribution in [0.1, 0.15) is 16.8 Å². The van der Waals surface area contributed by atoms with Crippen LogP contribution in [0, 0.1) is 0 Å². The molecule has 0 aliphatic rings. The zero-order valence-electron chi connectivity index (χ0n) is 10.4. The van der Waals surface area contributed by atoms with Gasteiger partial charge in [0.2, 0.25) is 5.91 Å². The van der Waals surface area contributed by atoms with E-state index in [-0.39, 0.29) is 30.5 Å². The van der Waals surface area contributed by atoms with Crippen molar-refractivity contribution in [3.8, 4) is 0 Å². The Morgan fingerprint density at radius 3 is 2.67 bits per heavy atom. The number of halogens is 1. The van der Waals surface area contributed by atoms with Crippen LogP contribution in [0.3, 0.4) is 0 Å². The fourth-order valence-electron chi connectivity index (χ4n) is 1.34. The third-order valence-electron chi connectivity index (χ3n) is 2.42. The molecule has 1 rings (SSSR count). The Kier molecular flexibility index (Phi) is 4.97. The van der Waals surface area contributed by atoms with Gasteiger partial charge in [-0.3, -0.25) is 9.59 Å². The Bertz CT molecular complexity index is 461. The minimum Gasteiger partial charge on any atom is -0.397 e. The number of nitrogens with one attached hydrogen (secondary N) is 1. The van der Waals surface area contributed by atoms with Crippen molar-refractivity contribution in [2.24, 2.45) is 0 Å². The molecule has 2 amide bonds. The Morgan fingerprint density at radius 2 is 2.06 bits per heavy atom. The molecule has 1 aromatic rings. The van der Waals surface area contributed by atoms with Gasteiger partial charge in [0.05, 0.1) is 16.3 Å². The van der Waals surface area contributed by atoms with Crippen molar-refractivity contribution < 1.29 is 9.59 Å². The van der Waals surface area contributed by atoms with Crippen molar-refractivity contribution in [3.05, 3.63) is 28.8 Å². The number of rotatable bonds is 4. The van der Waals surface area contributed by atoms with Gasteiger partial charge in [-0.2, -0.15) is 0 Å². The summed E-state index contributed by atoms with van der Waals surface area (Å²) in [7, 11) is 3.33. The van der Waals surface area contributed by atoms with Gasteiger partial charge < -0.3 is 16.0 Å². The lowest BCUT2D eigenvalue weighted by Gasteiger charge is -2.11. The second-order valence-corrected chi connectivity index (χ2v) is 4.40. The standard InChI is InChI=1S/C12H16ClN3O2/c1-16(2)10(17)6-7-15-12(18)8-4-3-5-9(13)11(8)14/h3-5H,6-7,14H2,1-2H3,(H,15,18). The van der Waals surface area contributed by atoms with Crippen molar-refractivity contribution in [1.82, 2.24) is 10.2 Å². The quantitative estimate of drug-likeness (QED) is 0.805. The molecule has 0 radical (unpaired) electrons. The SMILES string of the molecule is CN(C)C(=O)CCNC(=O)c1cccc(Cl)c1N. The molecule has 0 aliphatic heterocycles. The molecule has 0 spiro atoms. The highest BCUT2D eigenvalue weighted by Gasteiger charge is 2.12. The number of para-hydroxylation sites is 1. The van der Waals surface area contributed by atoms with Crippen LogP contribution in [0.25, 0.3) is 0 Å². The normalized spacial score (nSPS) is 9.94. The fourth-order valence-corrected chi connectivity index (χ4v) is 1.51. The number of amides is 2. The van der Waals surface area contributed by atoms with E-state index in [0.717, 1.165) is 0 Å². The van der Waals surface area contributed by atoms with Crippen LogP contribution < -0.4 is 11.1 Å². The third kappa shape index (κ3) is 3.63. The van der Waals surface area contributed by atoms with Gasteiger partial charge in [0.25, 0.3) is 5.91 Å². The third-order valence-corrected chi connectivity index (χ3v) is 2.75. The molecule has 0 atom stereocenters. The van der Waals surface area contributed by atoms with Crippen LogP contribution in [-0.2, 0) is 4.79 Å². The maximum Gasteiger partial charge on any atom is 0.253 e. The summed E-state index contributed by atoms with van der Waals surface area (Å²) in [4.78, 5) is 24.6. The number of carbonyl (C=O) groups excluding carboxylic acids is 2. The van der Waals surface area contributed by atoms with E-state index in [2.05, 4.69) is 5.32 Å². The first-order valence-electron chi connectivity index (χ1n) is 5.46. The molecule has 0 aromatic heterocycles. The van der Waals surface area contributed by atoms with E-state index in [9.17, 15) is 9.59 Å². The minimum atomic E-state index is -0.332. The molecule has 0 saturated carbocycles. The van der Waals surface area contributed by atoms with Gasteiger partial charge in [0.15, 0.2) is 0 Å². The summed E-state index contributed by atoms with van der Waals surface area (Å²) in [5.41, 5.74) is 6.26. The molecule has 6 heteroatoms. The van der Waals surface area contributed by atoms with Crippen LogP contribution in [0.5, 0.6) is 0 Å². The van der Waals surface area contributed by atoms with E-state index in [1.807, 2.05) is 0 Å². The largest absolute Gasteiger partial charge is 0.397 e. The van der Waals surface area contributed by atoms with E-state index in [0.29, 0.717) is 10.6 Å². The minimum absolute atomic E-state index is 0.0469. The Balaban J connectivity index is 2.56. The number of nitrogens with two attached hydrogens (primary N) is 1. The zero-order chi connectivity index (χ0) is 13.7. The number of nitrogens with zero attached hydrogens (tertiary/aromatic N) is 1. The van der Waals surface area contributed by atoms with Gasteiger partial charge in [-0.25, -0.2) is 0 Å². The summed E-state index contributed by atoms with van der Waals surface area (Å²) < 4.78 is 0. The first-order valence-corrected chi connectivity index (χ1v) is 5.83. The van der Waals surface area contributed by atoms with Crippen molar-refractivity contribution in [3.63, 3.8) is 0 Å². The number of nitrogen functional groups attached to an aromatic ring is 1. The van der Waals surface area contributed by atoms with Crippen LogP contribution in [0.2, 0.25) is 5.02 Å². The second-order valence-electron chi connectivity index (χ2n) is 4.00. The van der Waals surface area contributed by atoms with Gasteiger partial charge >= 0.3 is 0 Å². The Labute approximate surface area is 111 Å². The second kappa shape index (κ2) is 6.26. The summed E-state index contributed by atoms with van der Waals surface area (Å²) >= 11 is 5.82. The summed E-state index contributed by atoms with van der Waals surface area (Å²) in [5, 5.41) is 2.97. The monoisotopic (exact) mass is 269 g/mol. The van der Waals surface area contributed by atoms with E-state index >= 15 is 0 Å². The molecular weight excluding hydrogens is 254 g/mol. The molecule has 98 valence electrons. The van der Waals surface area contributed by atoms with Gasteiger partial charge in [-0.15, -0.1) is 0 Å². The van der Waals surface area contributed by atoms with Crippen LogP contribution in [0.15, 0.2) is 18.2 Å². The fraction of sp³-hybridized carbons (Fsp3) is 0.333. The van der Waals surface area contributed by atoms with Crippen molar-refractivity contribution in [1.29, 1.82) is 0 Å². The lowest BCUT2D eigenvalue weighted by Crippen LogP contribution is -2.30. The molecule has 0 unspecified atom stereocenters. The van der Waals surface area contributed by atoms with Gasteiger partial charge in [0, 0.05) is 27.1 Å². The molecule has 0 saturated heterocycles. The predicted octanol–water partition coefficient (Wildman–Crippen LogP) is 1.13. The first-order chi connectivity index (χ1) is 8.43. The highest BCUT2D eigenvalue weighted by atomic mass is 35.5. The molecule has 0 bridgehead atoms. The zero-order valence-corrected chi connectivity index (χ0v) is 11.1. The predicted molar refractivity (Wildman–Crippen MR) is 71.5 cm³/mol. The van der Waals surface area contributed by atoms with Gasteiger partial charge in [0.1, 0.15) is 0 Å². The molecule has 5 nitrogen and oxygen atoms in total. The maximum absolute atomic E-state index is 11.8. The Morgan fingerprint density at radius 1 is 1.39 bits per heavy atom. The molecule has 18 heavy (non-hydrogen) atoms. The Hall–Kier alpha value is -1.75. The summed E-state index contributed by atoms with van der Waals surface area (Å²) in [5.74, 6) is -0.379. The average molecular weight is 270 g/mol. The first kappa shape index (κ1) is 14.3. The summed E-state index contributed by atoms with van der Waals surface area (Å²) in [6.07, 6.45) is 0.249. The molecule has 3 N–H and O–H groups in total. The van der Waals surface area contributed by atoms with Crippen molar-refractivity contribution in [2.45, 2.75) is 6.42 Å². The molecule has 0 fully saturated rings. The van der Waals surface area contributed by atoms with E-state index in [1.165, 1.54) is 4.90 Å². The number of benzene rings is 1. The molecular formula is C12H16ClN3O2. The van der Waals surface area contributed by atoms with Crippen LogP contribution in [-0.4, -0.2) is 37.4 Å². The molecule has 0 aliphatic carbocycles.